The van der Waals surface area contributed by atoms with Gasteiger partial charge < -0.3 is 1.43 Å². The van der Waals surface area contributed by atoms with Crippen LogP contribution in [0.5, 0.6) is 0 Å². The summed E-state index contributed by atoms with van der Waals surface area (Å²) in [6, 6.07) is -0.725. The monoisotopic (exact) mass is 194 g/mol. The van der Waals surface area contributed by atoms with E-state index in [-0.39, 0.29) is 31.0 Å². The van der Waals surface area contributed by atoms with Gasteiger partial charge in [-0.25, -0.2) is 4.79 Å². The summed E-state index contributed by atoms with van der Waals surface area (Å²) >= 11 is 0. The Bertz CT molecular complexity index is 227. The fraction of sp³-hybridized carbons (Fsp3) is 0.571. The second-order valence-electron chi connectivity index (χ2n) is 2.65. The van der Waals surface area contributed by atoms with Crippen molar-refractivity contribution in [2.24, 2.45) is 5.92 Å². The average Bonchev–Trinajstić information content (AvgIpc) is 1.96. The normalized spacial score (nSPS) is 17.5. The summed E-state index contributed by atoms with van der Waals surface area (Å²) in [5.74, 6) is -1.69. The third-order valence-corrected chi connectivity index (χ3v) is 1.68. The Kier molecular flexibility index (Phi) is 5.20. The van der Waals surface area contributed by atoms with Crippen LogP contribution in [0, 0.1) is 5.92 Å². The van der Waals surface area contributed by atoms with Crippen LogP contribution in [0.1, 0.15) is 21.2 Å². The number of barbiturate groups is 1. The van der Waals surface area contributed by atoms with Gasteiger partial charge >= 0.3 is 35.6 Å². The van der Waals surface area contributed by atoms with Crippen molar-refractivity contribution >= 4 is 17.8 Å². The smallest absolute Gasteiger partial charge is 1.00 e. The number of carbonyl (C=O) groups excluding carboxylic acids is 3. The van der Waals surface area contributed by atoms with Crippen molar-refractivity contribution in [2.45, 2.75) is 19.8 Å². The van der Waals surface area contributed by atoms with Crippen molar-refractivity contribution < 1.29 is 45.4 Å². The maximum Gasteiger partial charge on any atom is 1.00 e. The SMILES string of the molecule is CCCC1C(=O)NC(=O)NC1=O.[H-].[Na+]. The van der Waals surface area contributed by atoms with E-state index >= 15 is 0 Å². The Hall–Kier alpha value is -0.390. The number of nitrogens with one attached hydrogen (secondary N) is 2. The van der Waals surface area contributed by atoms with E-state index in [0.29, 0.717) is 6.42 Å². The first-order valence-electron chi connectivity index (χ1n) is 3.81. The molecule has 13 heavy (non-hydrogen) atoms. The molecule has 0 radical (unpaired) electrons. The first-order valence-corrected chi connectivity index (χ1v) is 3.81. The van der Waals surface area contributed by atoms with E-state index in [1.807, 2.05) is 17.6 Å². The van der Waals surface area contributed by atoms with Crippen molar-refractivity contribution in [2.75, 3.05) is 0 Å². The zero-order valence-corrected chi connectivity index (χ0v) is 9.72. The van der Waals surface area contributed by atoms with Gasteiger partial charge in [-0.2, -0.15) is 0 Å². The van der Waals surface area contributed by atoms with E-state index in [1.54, 1.807) is 0 Å². The molecule has 0 bridgehead atoms. The van der Waals surface area contributed by atoms with Crippen molar-refractivity contribution in [3.63, 3.8) is 0 Å². The minimum atomic E-state index is -0.725. The first kappa shape index (κ1) is 12.6. The molecule has 5 nitrogen and oxygen atoms in total. The largest absolute Gasteiger partial charge is 1.00 e. The van der Waals surface area contributed by atoms with Crippen molar-refractivity contribution in [3.05, 3.63) is 0 Å². The quantitative estimate of drug-likeness (QED) is 0.361. The molecule has 6 heteroatoms. The Balaban J connectivity index is 0. The van der Waals surface area contributed by atoms with Crippen LogP contribution in [0.25, 0.3) is 0 Å². The molecule has 1 aliphatic heterocycles. The summed E-state index contributed by atoms with van der Waals surface area (Å²) in [5.41, 5.74) is 0. The molecule has 0 unspecified atom stereocenters. The molecule has 68 valence electrons. The Morgan fingerprint density at radius 2 is 1.69 bits per heavy atom. The number of rotatable bonds is 2. The molecule has 1 saturated heterocycles. The van der Waals surface area contributed by atoms with Gasteiger partial charge in [0.2, 0.25) is 11.8 Å². The van der Waals surface area contributed by atoms with Crippen LogP contribution in [0.4, 0.5) is 4.79 Å². The molecule has 1 heterocycles. The van der Waals surface area contributed by atoms with Crippen LogP contribution in [-0.4, -0.2) is 17.8 Å². The summed E-state index contributed by atoms with van der Waals surface area (Å²) in [4.78, 5) is 32.6. The van der Waals surface area contributed by atoms with Crippen LogP contribution < -0.4 is 40.2 Å². The van der Waals surface area contributed by atoms with Crippen molar-refractivity contribution in [1.29, 1.82) is 0 Å². The molecule has 4 amide bonds. The molecule has 1 rings (SSSR count). The fourth-order valence-corrected chi connectivity index (χ4v) is 1.10. The van der Waals surface area contributed by atoms with E-state index in [0.717, 1.165) is 6.42 Å². The van der Waals surface area contributed by atoms with Crippen molar-refractivity contribution in [1.82, 2.24) is 10.6 Å². The molecular formula is C7H11N2NaO3. The molecule has 0 aromatic rings. The third-order valence-electron chi connectivity index (χ3n) is 1.68. The van der Waals surface area contributed by atoms with Crippen LogP contribution in [0.3, 0.4) is 0 Å². The van der Waals surface area contributed by atoms with Gasteiger partial charge in [-0.3, -0.25) is 20.2 Å². The summed E-state index contributed by atoms with van der Waals surface area (Å²) in [6.45, 7) is 1.87. The molecule has 0 saturated carbocycles. The van der Waals surface area contributed by atoms with Crippen LogP contribution in [0.2, 0.25) is 0 Å². The van der Waals surface area contributed by atoms with Gasteiger partial charge in [0, 0.05) is 0 Å². The van der Waals surface area contributed by atoms with Gasteiger partial charge in [-0.15, -0.1) is 0 Å². The zero-order chi connectivity index (χ0) is 9.14. The minimum absolute atomic E-state index is 0. The molecule has 0 aromatic carbocycles. The molecule has 2 N–H and O–H groups in total. The Labute approximate surface area is 99.4 Å². The predicted octanol–water partition coefficient (Wildman–Crippen LogP) is -3.11. The molecule has 0 aliphatic carbocycles. The van der Waals surface area contributed by atoms with E-state index in [4.69, 9.17) is 0 Å². The number of urea groups is 1. The number of hydrogen-bond donors (Lipinski definition) is 2. The topological polar surface area (TPSA) is 75.3 Å². The molecule has 0 aromatic heterocycles. The van der Waals surface area contributed by atoms with Crippen LogP contribution >= 0.6 is 0 Å². The van der Waals surface area contributed by atoms with Gasteiger partial charge in [-0.05, 0) is 6.42 Å². The summed E-state index contributed by atoms with van der Waals surface area (Å²) in [6.07, 6.45) is 1.21. The Morgan fingerprint density at radius 3 is 2.08 bits per heavy atom. The molecule has 1 fully saturated rings. The second kappa shape index (κ2) is 5.36. The molecule has 0 spiro atoms. The number of carbonyl (C=O) groups is 3. The van der Waals surface area contributed by atoms with Crippen LogP contribution in [-0.2, 0) is 9.59 Å². The number of imide groups is 2. The number of hydrogen-bond acceptors (Lipinski definition) is 3. The van der Waals surface area contributed by atoms with E-state index in [2.05, 4.69) is 0 Å². The van der Waals surface area contributed by atoms with Gasteiger partial charge in [0.05, 0.1) is 0 Å². The second-order valence-corrected chi connectivity index (χ2v) is 2.65. The van der Waals surface area contributed by atoms with Gasteiger partial charge in [0.15, 0.2) is 0 Å². The van der Waals surface area contributed by atoms with E-state index in [9.17, 15) is 14.4 Å². The van der Waals surface area contributed by atoms with Gasteiger partial charge in [0.25, 0.3) is 0 Å². The Morgan fingerprint density at radius 1 is 1.23 bits per heavy atom. The fourth-order valence-electron chi connectivity index (χ4n) is 1.10. The van der Waals surface area contributed by atoms with E-state index < -0.39 is 23.8 Å². The minimum Gasteiger partial charge on any atom is -1.00 e. The van der Waals surface area contributed by atoms with E-state index in [1.165, 1.54) is 0 Å². The predicted molar refractivity (Wildman–Crippen MR) is 41.2 cm³/mol. The maximum atomic E-state index is 11.0. The zero-order valence-electron chi connectivity index (χ0n) is 8.72. The average molecular weight is 194 g/mol. The summed E-state index contributed by atoms with van der Waals surface area (Å²) in [5, 5.41) is 4.07. The summed E-state index contributed by atoms with van der Waals surface area (Å²) < 4.78 is 0. The number of amides is 4. The maximum absolute atomic E-state index is 11.0. The van der Waals surface area contributed by atoms with Gasteiger partial charge in [0.1, 0.15) is 5.92 Å². The summed E-state index contributed by atoms with van der Waals surface area (Å²) in [7, 11) is 0. The van der Waals surface area contributed by atoms with Crippen LogP contribution in [0.15, 0.2) is 0 Å². The molecular weight excluding hydrogens is 183 g/mol. The molecule has 1 aliphatic rings. The molecule has 0 atom stereocenters. The van der Waals surface area contributed by atoms with Crippen molar-refractivity contribution in [3.8, 4) is 0 Å². The standard InChI is InChI=1S/C7H10N2O3.Na.H/c1-2-3-4-5(10)8-7(12)9-6(4)11;;/h4H,2-3H2,1H3,(H2,8,9,10,11,12);;/q;+1;-1. The first-order chi connectivity index (χ1) is 5.65. The third kappa shape index (κ3) is 3.10. The van der Waals surface area contributed by atoms with Gasteiger partial charge in [-0.1, -0.05) is 13.3 Å².